The summed E-state index contributed by atoms with van der Waals surface area (Å²) < 4.78 is 4.86. The first kappa shape index (κ1) is 17.4. The largest absolute Gasteiger partial charge is 0.476 e. The van der Waals surface area contributed by atoms with Gasteiger partial charge in [-0.3, -0.25) is 18.8 Å². The molecule has 10 heteroatoms. The number of carboxylic acids is 1. The van der Waals surface area contributed by atoms with Crippen LogP contribution in [0.4, 0.5) is 5.69 Å². The Balaban J connectivity index is 1.59. The lowest BCUT2D eigenvalue weighted by atomic mass is 10.3. The minimum Gasteiger partial charge on any atom is -0.476 e. The molecule has 3 heterocycles. The van der Waals surface area contributed by atoms with Crippen LogP contribution in [0.2, 0.25) is 0 Å². The van der Waals surface area contributed by atoms with Crippen LogP contribution in [-0.2, 0) is 24.4 Å². The van der Waals surface area contributed by atoms with E-state index in [4.69, 9.17) is 5.11 Å². The number of nitrogens with zero attached hydrogens (tertiary/aromatic N) is 6. The van der Waals surface area contributed by atoms with Crippen LogP contribution in [0, 0.1) is 6.92 Å². The molecule has 0 atom stereocenters. The molecule has 0 saturated carbocycles. The van der Waals surface area contributed by atoms with Gasteiger partial charge in [0, 0.05) is 30.7 Å². The highest BCUT2D eigenvalue weighted by Crippen LogP contribution is 2.11. The minimum absolute atomic E-state index is 0.0825. The summed E-state index contributed by atoms with van der Waals surface area (Å²) >= 11 is 0. The van der Waals surface area contributed by atoms with Crippen LogP contribution in [0.1, 0.15) is 28.7 Å². The number of nitrogens with one attached hydrogen (secondary N) is 1. The van der Waals surface area contributed by atoms with Gasteiger partial charge in [0.15, 0.2) is 5.69 Å². The van der Waals surface area contributed by atoms with Crippen LogP contribution in [0.3, 0.4) is 0 Å². The Kier molecular flexibility index (Phi) is 4.83. The quantitative estimate of drug-likeness (QED) is 0.651. The SMILES string of the molecule is CCn1cc(Cn2cc(NC(=O)Cn3ccc(C(=O)O)n3)cn2)c(C)n1. The summed E-state index contributed by atoms with van der Waals surface area (Å²) in [5, 5.41) is 24.0. The van der Waals surface area contributed by atoms with Gasteiger partial charge < -0.3 is 10.4 Å². The lowest BCUT2D eigenvalue weighted by Crippen LogP contribution is -2.19. The fraction of sp³-hybridized carbons (Fsp3) is 0.312. The summed E-state index contributed by atoms with van der Waals surface area (Å²) in [5.74, 6) is -1.45. The molecule has 26 heavy (non-hydrogen) atoms. The van der Waals surface area contributed by atoms with E-state index < -0.39 is 5.97 Å². The average Bonchev–Trinajstić information content (AvgIpc) is 3.29. The summed E-state index contributed by atoms with van der Waals surface area (Å²) in [6.07, 6.45) is 6.71. The molecule has 0 fully saturated rings. The Morgan fingerprint density at radius 3 is 2.65 bits per heavy atom. The van der Waals surface area contributed by atoms with E-state index >= 15 is 0 Å². The number of aromatic carboxylic acids is 1. The summed E-state index contributed by atoms with van der Waals surface area (Å²) in [6.45, 7) is 5.25. The van der Waals surface area contributed by atoms with Gasteiger partial charge in [-0.05, 0) is 19.9 Å². The third-order valence-electron chi connectivity index (χ3n) is 3.79. The molecule has 2 N–H and O–H groups in total. The monoisotopic (exact) mass is 357 g/mol. The molecule has 0 aliphatic carbocycles. The molecule has 0 saturated heterocycles. The van der Waals surface area contributed by atoms with E-state index in [0.717, 1.165) is 17.8 Å². The molecule has 3 aromatic heterocycles. The van der Waals surface area contributed by atoms with E-state index in [1.165, 1.54) is 16.9 Å². The zero-order valence-electron chi connectivity index (χ0n) is 14.5. The summed E-state index contributed by atoms with van der Waals surface area (Å²) in [7, 11) is 0. The molecule has 3 aromatic rings. The third kappa shape index (κ3) is 3.97. The van der Waals surface area contributed by atoms with Crippen molar-refractivity contribution >= 4 is 17.6 Å². The molecule has 0 spiro atoms. The first-order valence-corrected chi connectivity index (χ1v) is 8.06. The second kappa shape index (κ2) is 7.21. The van der Waals surface area contributed by atoms with Gasteiger partial charge in [-0.15, -0.1) is 0 Å². The molecule has 0 aliphatic heterocycles. The summed E-state index contributed by atoms with van der Waals surface area (Å²) in [4.78, 5) is 22.9. The van der Waals surface area contributed by atoms with Gasteiger partial charge in [-0.2, -0.15) is 15.3 Å². The fourth-order valence-electron chi connectivity index (χ4n) is 2.48. The lowest BCUT2D eigenvalue weighted by Gasteiger charge is -2.02. The smallest absolute Gasteiger partial charge is 0.356 e. The lowest BCUT2D eigenvalue weighted by molar-refractivity contribution is -0.116. The number of anilines is 1. The molecule has 0 aliphatic rings. The number of carbonyl (C=O) groups is 2. The number of amides is 1. The Morgan fingerprint density at radius 1 is 1.19 bits per heavy atom. The number of rotatable bonds is 7. The van der Waals surface area contributed by atoms with Crippen LogP contribution >= 0.6 is 0 Å². The number of aryl methyl sites for hydroxylation is 2. The molecule has 3 rings (SSSR count). The fourth-order valence-corrected chi connectivity index (χ4v) is 2.48. The van der Waals surface area contributed by atoms with Gasteiger partial charge in [0.25, 0.3) is 0 Å². The Bertz CT molecular complexity index is 937. The summed E-state index contributed by atoms with van der Waals surface area (Å²) in [5.41, 5.74) is 2.46. The Hall–Kier alpha value is -3.43. The maximum Gasteiger partial charge on any atom is 0.356 e. The van der Waals surface area contributed by atoms with Crippen LogP contribution < -0.4 is 5.32 Å². The van der Waals surface area contributed by atoms with Crippen molar-refractivity contribution in [3.63, 3.8) is 0 Å². The molecular weight excluding hydrogens is 338 g/mol. The van der Waals surface area contributed by atoms with Crippen LogP contribution in [-0.4, -0.2) is 46.3 Å². The zero-order chi connectivity index (χ0) is 18.7. The number of aromatic nitrogens is 6. The topological polar surface area (TPSA) is 120 Å². The zero-order valence-corrected chi connectivity index (χ0v) is 14.5. The molecule has 0 bridgehead atoms. The first-order chi connectivity index (χ1) is 12.4. The maximum atomic E-state index is 12.1. The molecule has 0 unspecified atom stereocenters. The van der Waals surface area contributed by atoms with Crippen molar-refractivity contribution in [2.75, 3.05) is 5.32 Å². The van der Waals surface area contributed by atoms with E-state index in [-0.39, 0.29) is 18.1 Å². The highest BCUT2D eigenvalue weighted by molar-refractivity contribution is 5.90. The van der Waals surface area contributed by atoms with Crippen molar-refractivity contribution in [3.8, 4) is 0 Å². The normalized spacial score (nSPS) is 10.8. The number of hydrogen-bond donors (Lipinski definition) is 2. The number of hydrogen-bond acceptors (Lipinski definition) is 5. The van der Waals surface area contributed by atoms with Gasteiger partial charge in [-0.1, -0.05) is 0 Å². The Morgan fingerprint density at radius 2 is 2.00 bits per heavy atom. The van der Waals surface area contributed by atoms with Crippen molar-refractivity contribution < 1.29 is 14.7 Å². The number of carboxylic acid groups (broad SMARTS) is 1. The highest BCUT2D eigenvalue weighted by Gasteiger charge is 2.11. The van der Waals surface area contributed by atoms with Gasteiger partial charge in [0.1, 0.15) is 6.54 Å². The van der Waals surface area contributed by atoms with E-state index in [1.807, 2.05) is 24.7 Å². The molecule has 10 nitrogen and oxygen atoms in total. The second-order valence-corrected chi connectivity index (χ2v) is 5.77. The predicted molar refractivity (Wildman–Crippen MR) is 91.8 cm³/mol. The van der Waals surface area contributed by atoms with E-state index in [1.54, 1.807) is 17.1 Å². The molecule has 0 aromatic carbocycles. The van der Waals surface area contributed by atoms with Crippen molar-refractivity contribution in [2.45, 2.75) is 33.5 Å². The minimum atomic E-state index is -1.13. The van der Waals surface area contributed by atoms with Crippen LogP contribution in [0.15, 0.2) is 30.9 Å². The summed E-state index contributed by atoms with van der Waals surface area (Å²) in [6, 6.07) is 1.34. The standard InChI is InChI=1S/C16H19N7O3/c1-3-21-7-12(11(2)19-21)8-23-9-13(6-17-23)18-15(24)10-22-5-4-14(20-22)16(25)26/h4-7,9H,3,8,10H2,1-2H3,(H,18,24)(H,25,26). The van der Waals surface area contributed by atoms with Crippen molar-refractivity contribution in [1.29, 1.82) is 0 Å². The van der Waals surface area contributed by atoms with Gasteiger partial charge in [0.05, 0.1) is 24.1 Å². The van der Waals surface area contributed by atoms with Crippen LogP contribution in [0.25, 0.3) is 0 Å². The second-order valence-electron chi connectivity index (χ2n) is 5.77. The van der Waals surface area contributed by atoms with E-state index in [0.29, 0.717) is 12.2 Å². The molecule has 136 valence electrons. The van der Waals surface area contributed by atoms with Crippen molar-refractivity contribution in [3.05, 3.63) is 47.8 Å². The van der Waals surface area contributed by atoms with Crippen molar-refractivity contribution in [2.24, 2.45) is 0 Å². The van der Waals surface area contributed by atoms with Crippen LogP contribution in [0.5, 0.6) is 0 Å². The average molecular weight is 357 g/mol. The highest BCUT2D eigenvalue weighted by atomic mass is 16.4. The third-order valence-corrected chi connectivity index (χ3v) is 3.79. The first-order valence-electron chi connectivity index (χ1n) is 8.06. The van der Waals surface area contributed by atoms with E-state index in [9.17, 15) is 9.59 Å². The molecule has 1 amide bonds. The van der Waals surface area contributed by atoms with Gasteiger partial charge in [0.2, 0.25) is 5.91 Å². The van der Waals surface area contributed by atoms with Gasteiger partial charge >= 0.3 is 5.97 Å². The Labute approximate surface area is 149 Å². The number of carbonyl (C=O) groups excluding carboxylic acids is 1. The van der Waals surface area contributed by atoms with E-state index in [2.05, 4.69) is 20.6 Å². The van der Waals surface area contributed by atoms with Gasteiger partial charge in [-0.25, -0.2) is 4.79 Å². The predicted octanol–water partition coefficient (Wildman–Crippen LogP) is 0.990. The molecule has 0 radical (unpaired) electrons. The molecular formula is C16H19N7O3. The van der Waals surface area contributed by atoms with Crippen molar-refractivity contribution in [1.82, 2.24) is 29.3 Å². The maximum absolute atomic E-state index is 12.1.